The number of carboxylic acids is 2. The van der Waals surface area contributed by atoms with Crippen LogP contribution in [0.25, 0.3) is 0 Å². The maximum absolute atomic E-state index is 13.7. The van der Waals surface area contributed by atoms with Crippen LogP contribution >= 0.6 is 0 Å². The molecule has 0 spiro atoms. The van der Waals surface area contributed by atoms with Crippen molar-refractivity contribution in [2.75, 3.05) is 14.2 Å². The second-order valence-corrected chi connectivity index (χ2v) is 13.5. The maximum Gasteiger partial charge on any atom is 0.327 e. The Kier molecular flexibility index (Phi) is 17.8. The summed E-state index contributed by atoms with van der Waals surface area (Å²) in [7, 11) is 2.90. The summed E-state index contributed by atoms with van der Waals surface area (Å²) in [6.07, 6.45) is 6.45. The molecule has 1 aliphatic rings. The molecule has 2 rings (SSSR count). The van der Waals surface area contributed by atoms with Crippen molar-refractivity contribution >= 4 is 41.5 Å². The normalized spacial score (nSPS) is 26.4. The van der Waals surface area contributed by atoms with Gasteiger partial charge >= 0.3 is 11.9 Å². The summed E-state index contributed by atoms with van der Waals surface area (Å²) in [5, 5.41) is 29.9. The van der Waals surface area contributed by atoms with Gasteiger partial charge in [0.2, 0.25) is 23.6 Å². The molecule has 0 bridgehead atoms. The third kappa shape index (κ3) is 13.0. The zero-order valence-electron chi connectivity index (χ0n) is 32.3. The molecule has 0 saturated carbocycles. The molecule has 1 heterocycles. The first-order valence-corrected chi connectivity index (χ1v) is 18.0. The van der Waals surface area contributed by atoms with Crippen molar-refractivity contribution in [2.45, 2.75) is 97.5 Å². The van der Waals surface area contributed by atoms with Crippen molar-refractivity contribution < 1.29 is 48.5 Å². The Morgan fingerprint density at radius 1 is 0.944 bits per heavy atom. The van der Waals surface area contributed by atoms with E-state index in [0.29, 0.717) is 6.42 Å². The van der Waals surface area contributed by atoms with Gasteiger partial charge in [0, 0.05) is 26.5 Å². The first kappa shape index (κ1) is 44.8. The molecule has 54 heavy (non-hydrogen) atoms. The predicted octanol–water partition coefficient (Wildman–Crippen LogP) is 2.33. The van der Waals surface area contributed by atoms with Gasteiger partial charge in [0.05, 0.1) is 24.0 Å². The van der Waals surface area contributed by atoms with Gasteiger partial charge in [-0.25, -0.2) is 9.59 Å². The lowest BCUT2D eigenvalue weighted by atomic mass is 9.94. The second kappa shape index (κ2) is 21.4. The number of carboxylic acid groups (broad SMARTS) is 2. The van der Waals surface area contributed by atoms with Gasteiger partial charge in [-0.15, -0.1) is 0 Å². The van der Waals surface area contributed by atoms with Crippen LogP contribution in [-0.2, 0) is 44.7 Å². The lowest BCUT2D eigenvalue weighted by molar-refractivity contribution is -0.146. The molecule has 1 aromatic carbocycles. The third-order valence-corrected chi connectivity index (χ3v) is 9.53. The Morgan fingerprint density at radius 2 is 1.57 bits per heavy atom. The Balaban J connectivity index is 2.53. The van der Waals surface area contributed by atoms with Crippen LogP contribution in [0.15, 0.2) is 65.9 Å². The van der Waals surface area contributed by atoms with Crippen molar-refractivity contribution in [1.29, 1.82) is 0 Å². The fourth-order valence-corrected chi connectivity index (χ4v) is 5.96. The number of likely N-dealkylation sites (N-methyl/N-ethyl adjacent to an activating group) is 1. The summed E-state index contributed by atoms with van der Waals surface area (Å²) in [6, 6.07) is 4.48. The SMILES string of the molecule is C/C=C1/C(=O)N[C@@H](C(=O)O)[C@H](C)C(=O)N[C@@H](CC)C(=O)N[C@@H](/C=C/C(C)=C/[C@H](C)[C@H](Cc2ccccc2)OC)[C@@H](C)C(=O)N[C@@H](C(=O)O)CCC(=O)N1C. The molecule has 6 N–H and O–H groups in total. The summed E-state index contributed by atoms with van der Waals surface area (Å²) in [5.74, 6) is -9.27. The highest BCUT2D eigenvalue weighted by Crippen LogP contribution is 2.18. The number of allylic oxidation sites excluding steroid dienone is 3. The van der Waals surface area contributed by atoms with E-state index in [1.54, 1.807) is 26.2 Å². The highest BCUT2D eigenvalue weighted by Gasteiger charge is 2.36. The number of carbonyl (C=O) groups excluding carboxylic acids is 5. The first-order valence-electron chi connectivity index (χ1n) is 18.0. The average Bonchev–Trinajstić information content (AvgIpc) is 3.13. The number of nitrogens with one attached hydrogen (secondary N) is 4. The highest BCUT2D eigenvalue weighted by molar-refractivity contribution is 6.00. The lowest BCUT2D eigenvalue weighted by Gasteiger charge is -2.27. The zero-order chi connectivity index (χ0) is 40.7. The number of amides is 5. The van der Waals surface area contributed by atoms with E-state index in [4.69, 9.17) is 4.74 Å². The van der Waals surface area contributed by atoms with E-state index in [1.807, 2.05) is 50.3 Å². The van der Waals surface area contributed by atoms with E-state index in [9.17, 15) is 43.8 Å². The van der Waals surface area contributed by atoms with Crippen molar-refractivity contribution in [3.63, 3.8) is 0 Å². The number of rotatable bonds is 10. The molecular formula is C39H55N5O10. The van der Waals surface area contributed by atoms with E-state index in [2.05, 4.69) is 21.3 Å². The third-order valence-electron chi connectivity index (χ3n) is 9.53. The van der Waals surface area contributed by atoms with Crippen molar-refractivity contribution in [2.24, 2.45) is 17.8 Å². The van der Waals surface area contributed by atoms with Gasteiger partial charge in [-0.2, -0.15) is 0 Å². The van der Waals surface area contributed by atoms with Crippen LogP contribution in [0.4, 0.5) is 0 Å². The molecule has 0 radical (unpaired) electrons. The van der Waals surface area contributed by atoms with Crippen LogP contribution in [0.2, 0.25) is 0 Å². The number of methoxy groups -OCH3 is 1. The topological polar surface area (TPSA) is 221 Å². The van der Waals surface area contributed by atoms with E-state index < -0.39 is 83.9 Å². The molecular weight excluding hydrogens is 698 g/mol. The number of carbonyl (C=O) groups is 7. The minimum Gasteiger partial charge on any atom is -0.480 e. The number of benzene rings is 1. The van der Waals surface area contributed by atoms with E-state index in [1.165, 1.54) is 33.9 Å². The molecule has 1 aromatic rings. The van der Waals surface area contributed by atoms with Crippen molar-refractivity contribution in [3.8, 4) is 0 Å². The highest BCUT2D eigenvalue weighted by atomic mass is 16.5. The van der Waals surface area contributed by atoms with Gasteiger partial charge in [0.1, 0.15) is 23.8 Å². The summed E-state index contributed by atoms with van der Waals surface area (Å²) in [5.41, 5.74) is 1.66. The Bertz CT molecular complexity index is 1610. The summed E-state index contributed by atoms with van der Waals surface area (Å²) in [6.45, 7) is 9.70. The van der Waals surface area contributed by atoms with Crippen LogP contribution in [-0.4, -0.2) is 101 Å². The minimum absolute atomic E-state index is 0.0345. The molecule has 0 aromatic heterocycles. The molecule has 1 saturated heterocycles. The van der Waals surface area contributed by atoms with Gasteiger partial charge < -0.3 is 41.1 Å². The van der Waals surface area contributed by atoms with Gasteiger partial charge in [0.25, 0.3) is 5.91 Å². The van der Waals surface area contributed by atoms with Crippen LogP contribution in [0.5, 0.6) is 0 Å². The lowest BCUT2D eigenvalue weighted by Crippen LogP contribution is -2.56. The predicted molar refractivity (Wildman–Crippen MR) is 200 cm³/mol. The minimum atomic E-state index is -1.74. The van der Waals surface area contributed by atoms with Crippen molar-refractivity contribution in [3.05, 3.63) is 71.5 Å². The first-order chi connectivity index (χ1) is 25.4. The molecule has 8 atom stereocenters. The fraction of sp³-hybridized carbons (Fsp3) is 0.513. The maximum atomic E-state index is 13.7. The van der Waals surface area contributed by atoms with Gasteiger partial charge in [0.15, 0.2) is 0 Å². The summed E-state index contributed by atoms with van der Waals surface area (Å²) < 4.78 is 5.77. The Hall–Kier alpha value is -5.31. The average molecular weight is 754 g/mol. The Labute approximate surface area is 316 Å². The van der Waals surface area contributed by atoms with Crippen LogP contribution in [0, 0.1) is 17.8 Å². The van der Waals surface area contributed by atoms with E-state index in [-0.39, 0.29) is 30.6 Å². The number of hydrogen-bond donors (Lipinski definition) is 6. The number of aliphatic carboxylic acids is 2. The fourth-order valence-electron chi connectivity index (χ4n) is 5.96. The van der Waals surface area contributed by atoms with E-state index >= 15 is 0 Å². The molecule has 1 fully saturated rings. The smallest absolute Gasteiger partial charge is 0.327 e. The molecule has 296 valence electrons. The second-order valence-electron chi connectivity index (χ2n) is 13.5. The molecule has 15 nitrogen and oxygen atoms in total. The van der Waals surface area contributed by atoms with Gasteiger partial charge in [-0.1, -0.05) is 87.9 Å². The number of ether oxygens (including phenoxy) is 1. The van der Waals surface area contributed by atoms with Crippen LogP contribution in [0.1, 0.15) is 66.4 Å². The quantitative estimate of drug-likeness (QED) is 0.151. The van der Waals surface area contributed by atoms with Gasteiger partial charge in [-0.05, 0) is 38.7 Å². The zero-order valence-corrected chi connectivity index (χ0v) is 32.3. The largest absolute Gasteiger partial charge is 0.480 e. The molecule has 15 heteroatoms. The van der Waals surface area contributed by atoms with Crippen LogP contribution < -0.4 is 21.3 Å². The summed E-state index contributed by atoms with van der Waals surface area (Å²) >= 11 is 0. The molecule has 5 amide bonds. The Morgan fingerprint density at radius 3 is 2.13 bits per heavy atom. The summed E-state index contributed by atoms with van der Waals surface area (Å²) in [4.78, 5) is 92.2. The number of hydrogen-bond acceptors (Lipinski definition) is 8. The van der Waals surface area contributed by atoms with Gasteiger partial charge in [-0.3, -0.25) is 24.0 Å². The molecule has 0 unspecified atom stereocenters. The monoisotopic (exact) mass is 753 g/mol. The molecule has 0 aliphatic carbocycles. The van der Waals surface area contributed by atoms with Crippen LogP contribution in [0.3, 0.4) is 0 Å². The number of nitrogens with zero attached hydrogens (tertiary/aromatic N) is 1. The van der Waals surface area contributed by atoms with E-state index in [0.717, 1.165) is 16.0 Å². The molecule has 1 aliphatic heterocycles. The standard InChI is InChI=1S/C39H55N5O10/c1-9-27-36(48)41-28(17-16-22(3)20-23(4)31(54-8)21-26-14-12-11-13-15-26)24(5)34(46)42-29(38(50)51)18-19-32(45)44(7)30(10-2)37(49)43-33(39(52)53)25(6)35(47)40-27/h10-17,20,23-25,27-29,31,33H,9,18-19,21H2,1-8H3,(H,40,47)(H,41,48)(H,42,46)(H,43,49)(H,50,51)(H,52,53)/b17-16+,22-20+,30-10-/t23-,24+,25-,27-,28-,29+,31-,33+/m0/s1. The van der Waals surface area contributed by atoms with Crippen molar-refractivity contribution in [1.82, 2.24) is 26.2 Å².